The van der Waals surface area contributed by atoms with Gasteiger partial charge >= 0.3 is 6.18 Å². The predicted octanol–water partition coefficient (Wildman–Crippen LogP) is 5.17. The normalized spacial score (nSPS) is 16.7. The topological polar surface area (TPSA) is 34.1 Å². The number of nitrogens with zero attached hydrogens (tertiary/aromatic N) is 1. The van der Waals surface area contributed by atoms with Gasteiger partial charge in [-0.3, -0.25) is 0 Å². The van der Waals surface area contributed by atoms with Gasteiger partial charge in [-0.25, -0.2) is 9.37 Å². The summed E-state index contributed by atoms with van der Waals surface area (Å²) in [5, 5.41) is 3.34. The number of hydrogen-bond acceptors (Lipinski definition) is 3. The largest absolute Gasteiger partial charge is 0.416 e. The molecule has 1 N–H and O–H groups in total. The minimum absolute atomic E-state index is 0.0646. The molecule has 2 heterocycles. The van der Waals surface area contributed by atoms with Gasteiger partial charge in [0.1, 0.15) is 10.4 Å². The molecule has 0 radical (unpaired) electrons. The zero-order valence-electron chi connectivity index (χ0n) is 15.9. The summed E-state index contributed by atoms with van der Waals surface area (Å²) in [4.78, 5) is 4.12. The second-order valence-corrected chi connectivity index (χ2v) is 8.34. The number of ether oxygens (including phenoxy) is 1. The highest BCUT2D eigenvalue weighted by molar-refractivity contribution is 9.10. The van der Waals surface area contributed by atoms with Gasteiger partial charge in [-0.05, 0) is 78.1 Å². The lowest BCUT2D eigenvalue weighted by atomic mass is 9.75. The van der Waals surface area contributed by atoms with E-state index in [0.717, 1.165) is 50.0 Å². The number of pyridine rings is 1. The highest BCUT2D eigenvalue weighted by Gasteiger charge is 2.33. The predicted molar refractivity (Wildman–Crippen MR) is 106 cm³/mol. The number of benzene rings is 1. The molecule has 0 unspecified atom stereocenters. The average molecular weight is 475 g/mol. The molecular formula is C21H23BrF4N2O. The third-order valence-electron chi connectivity index (χ3n) is 5.24. The number of aromatic nitrogens is 1. The van der Waals surface area contributed by atoms with Crippen molar-refractivity contribution in [2.24, 2.45) is 5.41 Å². The summed E-state index contributed by atoms with van der Waals surface area (Å²) in [5.74, 6) is -0.260. The van der Waals surface area contributed by atoms with Gasteiger partial charge in [0.05, 0.1) is 18.8 Å². The van der Waals surface area contributed by atoms with Crippen molar-refractivity contribution in [3.8, 4) is 0 Å². The van der Waals surface area contributed by atoms with Gasteiger partial charge in [0.25, 0.3) is 0 Å². The van der Waals surface area contributed by atoms with E-state index in [1.165, 1.54) is 12.1 Å². The number of nitrogens with one attached hydrogen (secondary N) is 1. The molecule has 0 amide bonds. The molecule has 1 aromatic heterocycles. The van der Waals surface area contributed by atoms with Crippen molar-refractivity contribution < 1.29 is 22.3 Å². The van der Waals surface area contributed by atoms with E-state index >= 15 is 0 Å². The molecule has 0 spiro atoms. The molecule has 0 atom stereocenters. The third-order valence-corrected chi connectivity index (χ3v) is 5.65. The number of halogens is 5. The fourth-order valence-corrected chi connectivity index (χ4v) is 4.15. The van der Waals surface area contributed by atoms with Crippen LogP contribution < -0.4 is 5.32 Å². The molecule has 1 saturated heterocycles. The monoisotopic (exact) mass is 474 g/mol. The minimum Gasteiger partial charge on any atom is -0.380 e. The van der Waals surface area contributed by atoms with E-state index in [2.05, 4.69) is 26.2 Å². The van der Waals surface area contributed by atoms with E-state index in [1.54, 1.807) is 12.1 Å². The molecule has 1 aliphatic heterocycles. The van der Waals surface area contributed by atoms with Crippen LogP contribution in [0.3, 0.4) is 0 Å². The van der Waals surface area contributed by atoms with Crippen LogP contribution in [0, 0.1) is 11.2 Å². The Bertz CT molecular complexity index is 805. The maximum atomic E-state index is 13.2. The Morgan fingerprint density at radius 2 is 1.79 bits per heavy atom. The first-order chi connectivity index (χ1) is 13.8. The van der Waals surface area contributed by atoms with E-state index in [0.29, 0.717) is 25.3 Å². The van der Waals surface area contributed by atoms with Gasteiger partial charge in [-0.2, -0.15) is 13.2 Å². The molecule has 1 aromatic carbocycles. The number of alkyl halides is 3. The van der Waals surface area contributed by atoms with E-state index in [-0.39, 0.29) is 15.8 Å². The van der Waals surface area contributed by atoms with Crippen LogP contribution in [0.1, 0.15) is 29.7 Å². The van der Waals surface area contributed by atoms with Crippen molar-refractivity contribution in [1.82, 2.24) is 10.3 Å². The summed E-state index contributed by atoms with van der Waals surface area (Å²) >= 11 is 3.04. The molecule has 8 heteroatoms. The fraction of sp³-hybridized carbons (Fsp3) is 0.476. The lowest BCUT2D eigenvalue weighted by molar-refractivity contribution is -0.137. The van der Waals surface area contributed by atoms with Crippen molar-refractivity contribution in [2.45, 2.75) is 31.9 Å². The quantitative estimate of drug-likeness (QED) is 0.341. The van der Waals surface area contributed by atoms with Crippen LogP contribution in [-0.4, -0.2) is 31.3 Å². The third kappa shape index (κ3) is 6.49. The summed E-state index contributed by atoms with van der Waals surface area (Å²) in [7, 11) is 0. The van der Waals surface area contributed by atoms with Crippen molar-refractivity contribution >= 4 is 15.9 Å². The van der Waals surface area contributed by atoms with E-state index < -0.39 is 11.7 Å². The van der Waals surface area contributed by atoms with Crippen molar-refractivity contribution in [3.63, 3.8) is 0 Å². The summed E-state index contributed by atoms with van der Waals surface area (Å²) in [6, 6.07) is 8.54. The Balaban J connectivity index is 1.59. The number of hydrogen-bond donors (Lipinski definition) is 1. The summed E-state index contributed by atoms with van der Waals surface area (Å²) in [6.07, 6.45) is -1.47. The lowest BCUT2D eigenvalue weighted by Gasteiger charge is -2.37. The average Bonchev–Trinajstić information content (AvgIpc) is 2.67. The summed E-state index contributed by atoms with van der Waals surface area (Å²) in [6.45, 7) is 2.56. The van der Waals surface area contributed by atoms with Gasteiger partial charge in [0.2, 0.25) is 0 Å². The second-order valence-electron chi connectivity index (χ2n) is 7.52. The first-order valence-electron chi connectivity index (χ1n) is 9.52. The van der Waals surface area contributed by atoms with Crippen LogP contribution in [0.15, 0.2) is 41.0 Å². The zero-order chi connectivity index (χ0) is 20.9. The van der Waals surface area contributed by atoms with Gasteiger partial charge in [-0.15, -0.1) is 0 Å². The van der Waals surface area contributed by atoms with Crippen molar-refractivity contribution in [2.75, 3.05) is 26.3 Å². The lowest BCUT2D eigenvalue weighted by Crippen LogP contribution is -2.41. The zero-order valence-corrected chi connectivity index (χ0v) is 17.5. The van der Waals surface area contributed by atoms with Crippen LogP contribution >= 0.6 is 15.9 Å². The Hall–Kier alpha value is -1.51. The van der Waals surface area contributed by atoms with Crippen LogP contribution in [0.4, 0.5) is 17.6 Å². The first kappa shape index (κ1) is 22.2. The SMILES string of the molecule is Fc1ccc(CC2(COCCc3cc(C(F)(F)F)cc(Br)n3)CCNCC2)cc1. The Morgan fingerprint density at radius 3 is 2.45 bits per heavy atom. The minimum atomic E-state index is -4.41. The summed E-state index contributed by atoms with van der Waals surface area (Å²) in [5.41, 5.74) is 0.607. The Morgan fingerprint density at radius 1 is 1.10 bits per heavy atom. The molecule has 2 aromatic rings. The fourth-order valence-electron chi connectivity index (χ4n) is 3.67. The molecule has 0 bridgehead atoms. The molecule has 158 valence electrons. The van der Waals surface area contributed by atoms with Crippen LogP contribution in [0.2, 0.25) is 0 Å². The van der Waals surface area contributed by atoms with Gasteiger partial charge in [0.15, 0.2) is 0 Å². The van der Waals surface area contributed by atoms with Crippen LogP contribution in [-0.2, 0) is 23.8 Å². The second kappa shape index (κ2) is 9.53. The molecule has 1 fully saturated rings. The maximum Gasteiger partial charge on any atom is 0.416 e. The molecule has 0 saturated carbocycles. The van der Waals surface area contributed by atoms with Crippen molar-refractivity contribution in [1.29, 1.82) is 0 Å². The van der Waals surface area contributed by atoms with Crippen molar-refractivity contribution in [3.05, 3.63) is 63.6 Å². The van der Waals surface area contributed by atoms with E-state index in [4.69, 9.17) is 4.74 Å². The molecule has 1 aliphatic rings. The molecule has 3 rings (SSSR count). The molecule has 0 aliphatic carbocycles. The first-order valence-corrected chi connectivity index (χ1v) is 10.3. The number of piperidine rings is 1. The van der Waals surface area contributed by atoms with E-state index in [1.807, 2.05) is 0 Å². The van der Waals surface area contributed by atoms with Gasteiger partial charge in [0, 0.05) is 17.5 Å². The maximum absolute atomic E-state index is 13.2. The number of rotatable bonds is 7. The van der Waals surface area contributed by atoms with Crippen LogP contribution in [0.5, 0.6) is 0 Å². The molecule has 29 heavy (non-hydrogen) atoms. The molecule has 3 nitrogen and oxygen atoms in total. The van der Waals surface area contributed by atoms with Gasteiger partial charge < -0.3 is 10.1 Å². The van der Waals surface area contributed by atoms with E-state index in [9.17, 15) is 17.6 Å². The Labute approximate surface area is 176 Å². The smallest absolute Gasteiger partial charge is 0.380 e. The Kier molecular flexibility index (Phi) is 7.29. The van der Waals surface area contributed by atoms with Crippen LogP contribution in [0.25, 0.3) is 0 Å². The molecular weight excluding hydrogens is 452 g/mol. The highest BCUT2D eigenvalue weighted by atomic mass is 79.9. The highest BCUT2D eigenvalue weighted by Crippen LogP contribution is 2.34. The van der Waals surface area contributed by atoms with Gasteiger partial charge in [-0.1, -0.05) is 12.1 Å². The standard InChI is InChI=1S/C21H23BrF4N2O/c22-19-12-16(21(24,25)26)11-18(28-19)5-10-29-14-20(6-8-27-9-7-20)13-15-1-3-17(23)4-2-15/h1-4,11-12,27H,5-10,13-14H2. The summed E-state index contributed by atoms with van der Waals surface area (Å²) < 4.78 is 58.1.